The Morgan fingerprint density at radius 3 is 2.49 bits per heavy atom. The number of nitrogens with zero attached hydrogens (tertiary/aromatic N) is 4. The molecule has 1 aromatic carbocycles. The van der Waals surface area contributed by atoms with Gasteiger partial charge >= 0.3 is 0 Å². The summed E-state index contributed by atoms with van der Waals surface area (Å²) in [5.74, 6) is 2.98. The predicted octanol–water partition coefficient (Wildman–Crippen LogP) is 5.97. The summed E-state index contributed by atoms with van der Waals surface area (Å²) >= 11 is 7.01. The van der Waals surface area contributed by atoms with E-state index in [0.717, 1.165) is 86.4 Å². The first-order valence-electron chi connectivity index (χ1n) is 14.8. The van der Waals surface area contributed by atoms with Crippen LogP contribution in [-0.2, 0) is 5.41 Å². The summed E-state index contributed by atoms with van der Waals surface area (Å²) < 4.78 is 6.74. The largest absolute Gasteiger partial charge is 0.490 e. The Kier molecular flexibility index (Phi) is 6.99. The molecule has 1 N–H and O–H groups in total. The minimum atomic E-state index is -0.193. The van der Waals surface area contributed by atoms with Crippen molar-refractivity contribution >= 4 is 17.6 Å². The fourth-order valence-corrected chi connectivity index (χ4v) is 8.26. The van der Waals surface area contributed by atoms with Gasteiger partial charge in [-0.25, -0.2) is 0 Å². The molecule has 5 aliphatic heterocycles. The Balaban J connectivity index is 1.24. The maximum atomic E-state index is 7.01. The fraction of sp³-hybridized carbons (Fsp3) is 0.594. The van der Waals surface area contributed by atoms with Crippen molar-refractivity contribution in [2.45, 2.75) is 88.8 Å². The average molecular weight is 550 g/mol. The zero-order valence-electron chi connectivity index (χ0n) is 24.2. The van der Waals surface area contributed by atoms with Crippen LogP contribution < -0.4 is 10.1 Å². The Morgan fingerprint density at radius 1 is 1.13 bits per heavy atom. The molecule has 0 amide bonds. The molecule has 6 rings (SSSR count). The normalized spacial score (nSPS) is 28.7. The van der Waals surface area contributed by atoms with E-state index in [1.807, 2.05) is 6.07 Å². The number of piperidine rings is 2. The van der Waals surface area contributed by atoms with E-state index < -0.39 is 0 Å². The van der Waals surface area contributed by atoms with Gasteiger partial charge in [0.2, 0.25) is 5.96 Å². The van der Waals surface area contributed by atoms with Gasteiger partial charge in [-0.2, -0.15) is 4.99 Å². The van der Waals surface area contributed by atoms with Gasteiger partial charge in [-0.05, 0) is 95.5 Å². The second kappa shape index (κ2) is 10.2. The van der Waals surface area contributed by atoms with Crippen LogP contribution in [0.3, 0.4) is 0 Å². The lowest BCUT2D eigenvalue weighted by Gasteiger charge is -2.46. The smallest absolute Gasteiger partial charge is 0.205 e. The van der Waals surface area contributed by atoms with Gasteiger partial charge in [-0.3, -0.25) is 0 Å². The van der Waals surface area contributed by atoms with Gasteiger partial charge < -0.3 is 24.8 Å². The molecule has 5 heterocycles. The molecule has 0 aliphatic carbocycles. The minimum absolute atomic E-state index is 0.193. The number of halogens is 1. The number of guanidine groups is 1. The minimum Gasteiger partial charge on any atom is -0.490 e. The lowest BCUT2D eigenvalue weighted by molar-refractivity contribution is 0.0655. The number of aliphatic imine (C=N–C) groups is 1. The van der Waals surface area contributed by atoms with Crippen molar-refractivity contribution in [2.24, 2.45) is 4.99 Å². The highest BCUT2D eigenvalue weighted by atomic mass is 35.5. The van der Waals surface area contributed by atoms with Crippen LogP contribution in [0.5, 0.6) is 5.75 Å². The summed E-state index contributed by atoms with van der Waals surface area (Å²) in [6.07, 6.45) is 9.13. The Hall–Kier alpha value is -2.44. The van der Waals surface area contributed by atoms with Crippen LogP contribution in [0.25, 0.3) is 0 Å². The highest BCUT2D eigenvalue weighted by molar-refractivity contribution is 6.31. The molecule has 2 unspecified atom stereocenters. The molecule has 2 atom stereocenters. The molecule has 2 bridgehead atoms. The lowest BCUT2D eigenvalue weighted by atomic mass is 9.67. The third-order valence-electron chi connectivity index (χ3n) is 10.3. The summed E-state index contributed by atoms with van der Waals surface area (Å²) in [7, 11) is 4.41. The highest BCUT2D eigenvalue weighted by Gasteiger charge is 2.43. The number of likely N-dealkylation sites (tertiary alicyclic amines) is 1. The van der Waals surface area contributed by atoms with E-state index in [1.165, 1.54) is 35.1 Å². The fourth-order valence-electron chi connectivity index (χ4n) is 7.87. The number of fused-ring (bicyclic) bond motifs is 2. The zero-order valence-corrected chi connectivity index (χ0v) is 24.9. The predicted molar refractivity (Wildman–Crippen MR) is 160 cm³/mol. The van der Waals surface area contributed by atoms with Crippen LogP contribution in [0.4, 0.5) is 0 Å². The van der Waals surface area contributed by atoms with E-state index in [1.54, 1.807) is 0 Å². The molecule has 0 radical (unpaired) electrons. The first kappa shape index (κ1) is 26.8. The van der Waals surface area contributed by atoms with E-state index in [2.05, 4.69) is 67.2 Å². The first-order chi connectivity index (χ1) is 18.7. The number of rotatable bonds is 4. The number of benzene rings is 1. The number of hydrogen-bond acceptors (Lipinski definition) is 6. The zero-order chi connectivity index (χ0) is 27.5. The number of allylic oxidation sites excluding steroid dienone is 2. The summed E-state index contributed by atoms with van der Waals surface area (Å²) in [5.41, 5.74) is 5.58. The quantitative estimate of drug-likeness (QED) is 0.469. The monoisotopic (exact) mass is 549 g/mol. The van der Waals surface area contributed by atoms with Crippen molar-refractivity contribution in [1.82, 2.24) is 20.0 Å². The van der Waals surface area contributed by atoms with Gasteiger partial charge in [0.25, 0.3) is 0 Å². The van der Waals surface area contributed by atoms with Crippen LogP contribution in [0.15, 0.2) is 52.9 Å². The average Bonchev–Trinajstić information content (AvgIpc) is 3.11. The second-order valence-corrected chi connectivity index (χ2v) is 12.9. The van der Waals surface area contributed by atoms with Gasteiger partial charge in [0.15, 0.2) is 0 Å². The maximum Gasteiger partial charge on any atom is 0.205 e. The molecule has 5 aliphatic rings. The molecular formula is C32H44ClN5O. The van der Waals surface area contributed by atoms with E-state index in [0.29, 0.717) is 12.1 Å². The second-order valence-electron chi connectivity index (χ2n) is 12.5. The maximum absolute atomic E-state index is 7.01. The molecule has 0 saturated carbocycles. The molecule has 3 saturated heterocycles. The Morgan fingerprint density at radius 2 is 1.82 bits per heavy atom. The molecule has 6 nitrogen and oxygen atoms in total. The molecule has 1 aromatic rings. The highest BCUT2D eigenvalue weighted by Crippen LogP contribution is 2.48. The van der Waals surface area contributed by atoms with Gasteiger partial charge in [0.1, 0.15) is 17.7 Å². The van der Waals surface area contributed by atoms with Crippen LogP contribution in [0, 0.1) is 6.92 Å². The van der Waals surface area contributed by atoms with Crippen molar-refractivity contribution in [3.63, 3.8) is 0 Å². The number of ether oxygens (including phenoxy) is 1. The third-order valence-corrected chi connectivity index (χ3v) is 10.6. The molecule has 39 heavy (non-hydrogen) atoms. The SMILES string of the molecule is C=C1NC(N2CCC(C(=C)C)(c3c(Cl)ccc(OC4CC5CCC(C4)N5C)c3C)CC2)=NC2=C1CCCN2C. The molecule has 0 spiro atoms. The van der Waals surface area contributed by atoms with E-state index in [4.69, 9.17) is 21.3 Å². The van der Waals surface area contributed by atoms with Crippen molar-refractivity contribution < 1.29 is 4.74 Å². The van der Waals surface area contributed by atoms with Crippen molar-refractivity contribution in [3.8, 4) is 5.75 Å². The topological polar surface area (TPSA) is 43.3 Å². The van der Waals surface area contributed by atoms with Crippen LogP contribution in [-0.4, -0.2) is 72.6 Å². The van der Waals surface area contributed by atoms with Crippen LogP contribution in [0.1, 0.15) is 69.4 Å². The molecule has 3 fully saturated rings. The standard InChI is InChI=1S/C32H44ClN5O/c1-20(2)32(13-16-38(17-14-32)31-34-22(4)26-8-7-15-36(5)30(26)35-31)29-21(3)28(12-11-27(29)33)39-25-18-23-9-10-24(19-25)37(23)6/h11-12,23-25H,1,4,7-10,13-19H2,2-3,5-6H3,(H,34,35). The Labute approximate surface area is 239 Å². The lowest BCUT2D eigenvalue weighted by Crippen LogP contribution is -2.51. The van der Waals surface area contributed by atoms with Crippen molar-refractivity contribution in [3.05, 3.63) is 64.1 Å². The number of hydrogen-bond donors (Lipinski definition) is 1. The van der Waals surface area contributed by atoms with Crippen molar-refractivity contribution in [1.29, 1.82) is 0 Å². The van der Waals surface area contributed by atoms with Crippen LogP contribution >= 0.6 is 11.6 Å². The summed E-state index contributed by atoms with van der Waals surface area (Å²) in [6.45, 7) is 16.0. The van der Waals surface area contributed by atoms with E-state index >= 15 is 0 Å². The van der Waals surface area contributed by atoms with Gasteiger partial charge in [-0.15, -0.1) is 0 Å². The van der Waals surface area contributed by atoms with E-state index in [9.17, 15) is 0 Å². The van der Waals surface area contributed by atoms with Gasteiger partial charge in [0.05, 0.1) is 0 Å². The van der Waals surface area contributed by atoms with Gasteiger partial charge in [-0.1, -0.05) is 30.3 Å². The molecule has 0 aromatic heterocycles. The molecule has 210 valence electrons. The molecule has 7 heteroatoms. The van der Waals surface area contributed by atoms with Crippen LogP contribution in [0.2, 0.25) is 5.02 Å². The third kappa shape index (κ3) is 4.58. The van der Waals surface area contributed by atoms with Crippen molar-refractivity contribution in [2.75, 3.05) is 33.7 Å². The Bertz CT molecular complexity index is 1230. The summed E-state index contributed by atoms with van der Waals surface area (Å²) in [4.78, 5) is 12.3. The van der Waals surface area contributed by atoms with Gasteiger partial charge in [0, 0.05) is 60.5 Å². The summed E-state index contributed by atoms with van der Waals surface area (Å²) in [6, 6.07) is 5.43. The first-order valence-corrected chi connectivity index (χ1v) is 15.1. The molecular weight excluding hydrogens is 506 g/mol. The number of nitrogens with one attached hydrogen (secondary N) is 1. The van der Waals surface area contributed by atoms with E-state index in [-0.39, 0.29) is 11.5 Å². The summed E-state index contributed by atoms with van der Waals surface area (Å²) in [5, 5.41) is 4.34.